The van der Waals surface area contributed by atoms with E-state index < -0.39 is 16.8 Å². The smallest absolute Gasteiger partial charge is 0.0682 e. The molecule has 3 heteroatoms. The first-order chi connectivity index (χ1) is 20.1. The molecule has 0 heterocycles. The Bertz CT molecular complexity index is 1110. The summed E-state index contributed by atoms with van der Waals surface area (Å²) in [5.74, 6) is 3.35. The van der Waals surface area contributed by atoms with Crippen molar-refractivity contribution < 1.29 is 15.3 Å². The summed E-state index contributed by atoms with van der Waals surface area (Å²) in [5, 5.41) is 30.5. The molecular weight excluding hydrogens is 540 g/mol. The van der Waals surface area contributed by atoms with Crippen molar-refractivity contribution in [2.75, 3.05) is 0 Å². The molecule has 0 bridgehead atoms. The fraction of sp³-hybridized carbons (Fsp3) is 0.854. The zero-order valence-corrected chi connectivity index (χ0v) is 30.7. The van der Waals surface area contributed by atoms with Gasteiger partial charge in [-0.2, -0.15) is 0 Å². The Morgan fingerprint density at radius 3 is 1.55 bits per heavy atom. The zero-order chi connectivity index (χ0) is 32.9. The number of hydrogen-bond donors (Lipinski definition) is 3. The minimum atomic E-state index is -0.476. The average molecular weight is 611 g/mol. The summed E-state index contributed by atoms with van der Waals surface area (Å²) in [7, 11) is 0. The Balaban J connectivity index is 0.000000151. The highest BCUT2D eigenvalue weighted by atomic mass is 16.3. The molecule has 0 aromatic heterocycles. The number of aliphatic hydroxyl groups is 3. The fourth-order valence-electron chi connectivity index (χ4n) is 9.84. The third kappa shape index (κ3) is 7.96. The van der Waals surface area contributed by atoms with Crippen LogP contribution >= 0.6 is 0 Å². The standard InChI is InChI=1S/2C14H24O.C13H22O/c1-10-5-6-11-9-14(4,15)8-7-12(11)13(10,2)3;1-10-8-12-11(9-14(10,4)15)6-5-7-13(12,2)3;1-12(2)7-4-5-10-9-13(3,14)8-6-11(10)12/h2*6,10,12,15H,5,7-9H2,1-4H3;5,11,14H,4,6-9H2,1-3H3. The molecule has 0 amide bonds. The predicted molar refractivity (Wildman–Crippen MR) is 186 cm³/mol. The molecule has 8 unspecified atom stereocenters. The molecule has 3 saturated carbocycles. The molecular formula is C41H70O3. The van der Waals surface area contributed by atoms with E-state index in [1.165, 1.54) is 55.2 Å². The monoisotopic (exact) mass is 611 g/mol. The summed E-state index contributed by atoms with van der Waals surface area (Å²) in [4.78, 5) is 0. The summed E-state index contributed by atoms with van der Waals surface area (Å²) in [6, 6.07) is 0. The van der Waals surface area contributed by atoms with Gasteiger partial charge in [-0.1, -0.05) is 90.3 Å². The largest absolute Gasteiger partial charge is 0.390 e. The Kier molecular flexibility index (Phi) is 10.3. The van der Waals surface area contributed by atoms with E-state index in [-0.39, 0.29) is 0 Å². The lowest BCUT2D eigenvalue weighted by atomic mass is 9.57. The van der Waals surface area contributed by atoms with Crippen LogP contribution in [0.4, 0.5) is 0 Å². The van der Waals surface area contributed by atoms with E-state index in [1.807, 2.05) is 20.8 Å². The summed E-state index contributed by atoms with van der Waals surface area (Å²) in [6.45, 7) is 24.8. The molecule has 0 aromatic rings. The summed E-state index contributed by atoms with van der Waals surface area (Å²) >= 11 is 0. The van der Waals surface area contributed by atoms with E-state index in [4.69, 9.17) is 0 Å². The Hall–Kier alpha value is -0.900. The maximum Gasteiger partial charge on any atom is 0.0682 e. The summed E-state index contributed by atoms with van der Waals surface area (Å²) in [5.41, 5.74) is 4.53. The molecule has 3 N–H and O–H groups in total. The van der Waals surface area contributed by atoms with Crippen molar-refractivity contribution >= 4 is 0 Å². The van der Waals surface area contributed by atoms with Crippen molar-refractivity contribution in [2.45, 2.75) is 176 Å². The Morgan fingerprint density at radius 1 is 0.545 bits per heavy atom. The van der Waals surface area contributed by atoms with Crippen LogP contribution in [0.3, 0.4) is 0 Å². The van der Waals surface area contributed by atoms with E-state index >= 15 is 0 Å². The normalized spacial score (nSPS) is 43.5. The van der Waals surface area contributed by atoms with Gasteiger partial charge in [0.25, 0.3) is 0 Å². The van der Waals surface area contributed by atoms with E-state index in [2.05, 4.69) is 73.6 Å². The van der Waals surface area contributed by atoms with Gasteiger partial charge in [-0.25, -0.2) is 0 Å². The molecule has 6 rings (SSSR count). The van der Waals surface area contributed by atoms with Gasteiger partial charge in [-0.15, -0.1) is 0 Å². The second kappa shape index (κ2) is 12.6. The lowest BCUT2D eigenvalue weighted by molar-refractivity contribution is -0.0353. The topological polar surface area (TPSA) is 60.7 Å². The minimum absolute atomic E-state index is 0.417. The van der Waals surface area contributed by atoms with Crippen molar-refractivity contribution in [3.05, 3.63) is 34.9 Å². The van der Waals surface area contributed by atoms with Crippen LogP contribution in [0.2, 0.25) is 0 Å². The van der Waals surface area contributed by atoms with Gasteiger partial charge in [0, 0.05) is 0 Å². The average Bonchev–Trinajstić information content (AvgIpc) is 2.86. The zero-order valence-electron chi connectivity index (χ0n) is 30.7. The van der Waals surface area contributed by atoms with Gasteiger partial charge in [-0.3, -0.25) is 0 Å². The highest BCUT2D eigenvalue weighted by molar-refractivity contribution is 5.22. The van der Waals surface area contributed by atoms with E-state index in [0.717, 1.165) is 56.8 Å². The van der Waals surface area contributed by atoms with Crippen molar-refractivity contribution in [1.29, 1.82) is 0 Å². The van der Waals surface area contributed by atoms with Gasteiger partial charge in [0.1, 0.15) is 0 Å². The lowest BCUT2D eigenvalue weighted by Gasteiger charge is -2.49. The first-order valence-electron chi connectivity index (χ1n) is 18.3. The quantitative estimate of drug-likeness (QED) is 0.239. The van der Waals surface area contributed by atoms with Crippen LogP contribution in [-0.4, -0.2) is 32.1 Å². The number of fused-ring (bicyclic) bond motifs is 3. The van der Waals surface area contributed by atoms with Crippen LogP contribution in [0.25, 0.3) is 0 Å². The molecule has 3 nitrogen and oxygen atoms in total. The molecule has 0 spiro atoms. The third-order valence-corrected chi connectivity index (χ3v) is 13.8. The molecule has 0 aliphatic heterocycles. The first kappa shape index (κ1) is 35.9. The second-order valence-electron chi connectivity index (χ2n) is 19.1. The minimum Gasteiger partial charge on any atom is -0.390 e. The van der Waals surface area contributed by atoms with E-state index in [1.54, 1.807) is 0 Å². The van der Waals surface area contributed by atoms with Gasteiger partial charge in [0.15, 0.2) is 0 Å². The summed E-state index contributed by atoms with van der Waals surface area (Å²) < 4.78 is 0. The molecule has 3 fully saturated rings. The highest BCUT2D eigenvalue weighted by Gasteiger charge is 2.46. The fourth-order valence-corrected chi connectivity index (χ4v) is 9.84. The highest BCUT2D eigenvalue weighted by Crippen LogP contribution is 2.53. The number of rotatable bonds is 0. The van der Waals surface area contributed by atoms with Crippen LogP contribution in [0.15, 0.2) is 34.9 Å². The van der Waals surface area contributed by atoms with Crippen LogP contribution in [-0.2, 0) is 0 Å². The molecule has 6 aliphatic rings. The van der Waals surface area contributed by atoms with Gasteiger partial charge in [0.05, 0.1) is 16.8 Å². The second-order valence-corrected chi connectivity index (χ2v) is 19.1. The van der Waals surface area contributed by atoms with Gasteiger partial charge in [0.2, 0.25) is 0 Å². The molecule has 0 radical (unpaired) electrons. The third-order valence-electron chi connectivity index (χ3n) is 13.8. The SMILES string of the molecule is CC1(O)CCC2C(=CCCC2(C)C)C1.CC1CC2C(=CCCC2(C)C)CC1(C)O.CC1CC=C2CC(C)(O)CCC2C1(C)C. The molecule has 6 aliphatic carbocycles. The molecule has 252 valence electrons. The van der Waals surface area contributed by atoms with Gasteiger partial charge < -0.3 is 15.3 Å². The maximum atomic E-state index is 10.3. The molecule has 8 atom stereocenters. The number of hydrogen-bond acceptors (Lipinski definition) is 3. The summed E-state index contributed by atoms with van der Waals surface area (Å²) in [6.07, 6.45) is 21.5. The van der Waals surface area contributed by atoms with Crippen LogP contribution in [0.5, 0.6) is 0 Å². The molecule has 0 saturated heterocycles. The van der Waals surface area contributed by atoms with Crippen molar-refractivity contribution in [3.8, 4) is 0 Å². The van der Waals surface area contributed by atoms with Crippen LogP contribution in [0.1, 0.15) is 160 Å². The first-order valence-corrected chi connectivity index (χ1v) is 18.3. The van der Waals surface area contributed by atoms with Crippen LogP contribution < -0.4 is 0 Å². The van der Waals surface area contributed by atoms with E-state index in [0.29, 0.717) is 34.0 Å². The number of allylic oxidation sites excluding steroid dienone is 3. The van der Waals surface area contributed by atoms with Gasteiger partial charge in [-0.05, 0) is 150 Å². The van der Waals surface area contributed by atoms with Crippen molar-refractivity contribution in [2.24, 2.45) is 45.8 Å². The van der Waals surface area contributed by atoms with E-state index in [9.17, 15) is 15.3 Å². The maximum absolute atomic E-state index is 10.3. The van der Waals surface area contributed by atoms with Gasteiger partial charge >= 0.3 is 0 Å². The van der Waals surface area contributed by atoms with Crippen molar-refractivity contribution in [1.82, 2.24) is 0 Å². The Morgan fingerprint density at radius 2 is 1.00 bits per heavy atom. The molecule has 0 aromatic carbocycles. The van der Waals surface area contributed by atoms with Crippen LogP contribution in [0, 0.1) is 45.8 Å². The van der Waals surface area contributed by atoms with Crippen molar-refractivity contribution in [3.63, 3.8) is 0 Å². The predicted octanol–water partition coefficient (Wildman–Crippen LogP) is 10.3. The lowest BCUT2D eigenvalue weighted by Crippen LogP contribution is -2.44. The Labute approximate surface area is 272 Å². The molecule has 44 heavy (non-hydrogen) atoms.